The summed E-state index contributed by atoms with van der Waals surface area (Å²) in [6, 6.07) is 20.8. The quantitative estimate of drug-likeness (QED) is 0.188. The monoisotopic (exact) mass is 483 g/mol. The molecular weight excluding hydrogens is 450 g/mol. The molecule has 0 unspecified atom stereocenters. The molecule has 0 spiro atoms. The number of nitrogens with one attached hydrogen (secondary N) is 1. The highest BCUT2D eigenvalue weighted by Gasteiger charge is 2.18. The van der Waals surface area contributed by atoms with Crippen LogP contribution >= 0.6 is 0 Å². The summed E-state index contributed by atoms with van der Waals surface area (Å²) >= 11 is 0. The van der Waals surface area contributed by atoms with Crippen LogP contribution in [0.15, 0.2) is 60.7 Å². The molecule has 5 nitrogen and oxygen atoms in total. The summed E-state index contributed by atoms with van der Waals surface area (Å²) in [5.41, 5.74) is 8.00. The molecule has 1 aromatic heterocycles. The minimum Gasteiger partial charge on any atom is -0.493 e. The number of aromatic amines is 1. The van der Waals surface area contributed by atoms with Gasteiger partial charge in [0.1, 0.15) is 5.75 Å². The number of aryl methyl sites for hydroxylation is 3. The molecule has 2 N–H and O–H groups in total. The Kier molecular flexibility index (Phi) is 7.26. The van der Waals surface area contributed by atoms with E-state index in [1.807, 2.05) is 24.3 Å². The average molecular weight is 484 g/mol. The molecule has 0 aliphatic heterocycles. The molecule has 36 heavy (non-hydrogen) atoms. The predicted octanol–water partition coefficient (Wildman–Crippen LogP) is 7.87. The van der Waals surface area contributed by atoms with Gasteiger partial charge in [0.25, 0.3) is 0 Å². The molecule has 0 amide bonds. The van der Waals surface area contributed by atoms with Gasteiger partial charge in [-0.05, 0) is 86.6 Å². The fourth-order valence-corrected chi connectivity index (χ4v) is 5.42. The minimum absolute atomic E-state index is 0.325. The van der Waals surface area contributed by atoms with Gasteiger partial charge in [-0.3, -0.25) is 0 Å². The van der Waals surface area contributed by atoms with Crippen molar-refractivity contribution in [2.24, 2.45) is 0 Å². The zero-order valence-electron chi connectivity index (χ0n) is 20.8. The van der Waals surface area contributed by atoms with Crippen LogP contribution in [0.1, 0.15) is 54.4 Å². The second-order valence-electron chi connectivity index (χ2n) is 9.60. The van der Waals surface area contributed by atoms with Crippen molar-refractivity contribution in [1.29, 1.82) is 0 Å². The number of fused-ring (bicyclic) bond motifs is 2. The van der Waals surface area contributed by atoms with Gasteiger partial charge in [-0.15, -0.1) is 0 Å². The van der Waals surface area contributed by atoms with E-state index in [1.165, 1.54) is 29.5 Å². The molecule has 1 aliphatic rings. The average Bonchev–Trinajstić information content (AvgIpc) is 3.23. The lowest BCUT2D eigenvalue weighted by molar-refractivity contribution is 0.142. The first-order valence-electron chi connectivity index (χ1n) is 13.0. The van der Waals surface area contributed by atoms with Crippen LogP contribution in [-0.4, -0.2) is 22.9 Å². The van der Waals surface area contributed by atoms with E-state index in [2.05, 4.69) is 48.3 Å². The van der Waals surface area contributed by atoms with E-state index < -0.39 is 6.16 Å². The number of rotatable bonds is 9. The van der Waals surface area contributed by atoms with Crippen LogP contribution in [0.3, 0.4) is 0 Å². The Labute approximate surface area is 212 Å². The highest BCUT2D eigenvalue weighted by atomic mass is 16.7. The van der Waals surface area contributed by atoms with E-state index in [0.717, 1.165) is 71.9 Å². The zero-order valence-corrected chi connectivity index (χ0v) is 20.8. The number of aromatic nitrogens is 1. The Morgan fingerprint density at radius 2 is 1.72 bits per heavy atom. The number of carboxylic acid groups (broad SMARTS) is 1. The number of unbranched alkanes of at least 4 members (excludes halogenated alkanes) is 2. The van der Waals surface area contributed by atoms with Crippen molar-refractivity contribution >= 4 is 17.1 Å². The molecule has 1 heterocycles. The van der Waals surface area contributed by atoms with Crippen molar-refractivity contribution in [1.82, 2.24) is 4.98 Å². The third kappa shape index (κ3) is 5.11. The van der Waals surface area contributed by atoms with Crippen molar-refractivity contribution < 1.29 is 19.4 Å². The van der Waals surface area contributed by atoms with Crippen molar-refractivity contribution in [3.8, 4) is 22.8 Å². The lowest BCUT2D eigenvalue weighted by Crippen LogP contribution is -2.07. The van der Waals surface area contributed by atoms with E-state index in [1.54, 1.807) is 0 Å². The molecule has 186 valence electrons. The van der Waals surface area contributed by atoms with Crippen molar-refractivity contribution in [2.75, 3.05) is 6.61 Å². The molecule has 1 aliphatic carbocycles. The Bertz CT molecular complexity index is 1370. The first kappa shape index (κ1) is 24.0. The highest BCUT2D eigenvalue weighted by molar-refractivity contribution is 5.98. The van der Waals surface area contributed by atoms with E-state index in [4.69, 9.17) is 9.47 Å². The van der Waals surface area contributed by atoms with Crippen LogP contribution in [0, 0.1) is 6.92 Å². The number of ether oxygens (including phenoxy) is 2. The summed E-state index contributed by atoms with van der Waals surface area (Å²) in [5, 5.41) is 10.3. The van der Waals surface area contributed by atoms with Gasteiger partial charge in [-0.2, -0.15) is 0 Å². The van der Waals surface area contributed by atoms with Crippen LogP contribution in [0.2, 0.25) is 0 Å². The van der Waals surface area contributed by atoms with Gasteiger partial charge in [0, 0.05) is 16.5 Å². The number of hydrogen-bond acceptors (Lipinski definition) is 3. The molecule has 0 saturated heterocycles. The molecule has 0 fully saturated rings. The smallest absolute Gasteiger partial charge is 0.493 e. The largest absolute Gasteiger partial charge is 0.512 e. The standard InChI is InChI=1S/C31H33NO4/c1-21-11-4-6-14-23(21)25-17-10-18-26-27(30(32-29(25)26)36-31(33)34)16-3-2-8-20-35-28-19-9-13-22-12-5-7-15-24(22)28/h4,6,9-11,13-14,17-19,32H,2-3,5,7-8,12,15-16,20H2,1H3,(H,33,34). The topological polar surface area (TPSA) is 71.6 Å². The second kappa shape index (κ2) is 10.9. The van der Waals surface area contributed by atoms with Crippen LogP contribution in [-0.2, 0) is 19.3 Å². The SMILES string of the molecule is Cc1ccccc1-c1cccc2c(CCCCCOc3cccc4c3CCCC4)c(OC(=O)O)[nH]c12. The fraction of sp³-hybridized carbons (Fsp3) is 0.323. The molecule has 4 aromatic rings. The maximum atomic E-state index is 11.4. The summed E-state index contributed by atoms with van der Waals surface area (Å²) in [6.07, 6.45) is 7.08. The van der Waals surface area contributed by atoms with Gasteiger partial charge < -0.3 is 19.6 Å². The van der Waals surface area contributed by atoms with Gasteiger partial charge in [0.05, 0.1) is 12.1 Å². The van der Waals surface area contributed by atoms with E-state index in [0.29, 0.717) is 12.5 Å². The first-order valence-corrected chi connectivity index (χ1v) is 13.0. The maximum absolute atomic E-state index is 11.4. The van der Waals surface area contributed by atoms with E-state index in [-0.39, 0.29) is 0 Å². The Hall–Kier alpha value is -3.73. The summed E-state index contributed by atoms with van der Waals surface area (Å²) in [6.45, 7) is 2.78. The normalized spacial score (nSPS) is 12.9. The van der Waals surface area contributed by atoms with Crippen molar-refractivity contribution in [3.63, 3.8) is 0 Å². The van der Waals surface area contributed by atoms with Crippen LogP contribution in [0.5, 0.6) is 11.6 Å². The number of carbonyl (C=O) groups is 1. The molecule has 0 radical (unpaired) electrons. The predicted molar refractivity (Wildman–Crippen MR) is 143 cm³/mol. The zero-order chi connectivity index (χ0) is 24.9. The molecule has 0 bridgehead atoms. The lowest BCUT2D eigenvalue weighted by Gasteiger charge is -2.19. The Morgan fingerprint density at radius 3 is 2.58 bits per heavy atom. The Balaban J connectivity index is 1.27. The van der Waals surface area contributed by atoms with E-state index in [9.17, 15) is 9.90 Å². The van der Waals surface area contributed by atoms with Gasteiger partial charge in [0.15, 0.2) is 0 Å². The Morgan fingerprint density at radius 1 is 0.917 bits per heavy atom. The molecule has 3 aromatic carbocycles. The van der Waals surface area contributed by atoms with Crippen LogP contribution in [0.25, 0.3) is 22.0 Å². The number of para-hydroxylation sites is 1. The summed E-state index contributed by atoms with van der Waals surface area (Å²) < 4.78 is 11.3. The molecule has 0 saturated carbocycles. The summed E-state index contributed by atoms with van der Waals surface area (Å²) in [5.74, 6) is 1.37. The third-order valence-corrected chi connectivity index (χ3v) is 7.21. The van der Waals surface area contributed by atoms with Gasteiger partial charge in [-0.1, -0.05) is 54.6 Å². The number of hydrogen-bond donors (Lipinski definition) is 2. The summed E-state index contributed by atoms with van der Waals surface area (Å²) in [4.78, 5) is 14.7. The molecular formula is C31H33NO4. The molecule has 0 atom stereocenters. The van der Waals surface area contributed by atoms with Crippen molar-refractivity contribution in [2.45, 2.75) is 58.3 Å². The van der Waals surface area contributed by atoms with E-state index >= 15 is 0 Å². The maximum Gasteiger partial charge on any atom is 0.512 e. The number of benzene rings is 3. The van der Waals surface area contributed by atoms with Crippen molar-refractivity contribution in [3.05, 3.63) is 82.9 Å². The van der Waals surface area contributed by atoms with Crippen LogP contribution in [0.4, 0.5) is 4.79 Å². The minimum atomic E-state index is -1.31. The number of H-pyrrole nitrogens is 1. The summed E-state index contributed by atoms with van der Waals surface area (Å²) in [7, 11) is 0. The van der Waals surface area contributed by atoms with Gasteiger partial charge in [0.2, 0.25) is 5.88 Å². The fourth-order valence-electron chi connectivity index (χ4n) is 5.42. The lowest BCUT2D eigenvalue weighted by atomic mass is 9.91. The first-order chi connectivity index (χ1) is 17.6. The second-order valence-corrected chi connectivity index (χ2v) is 9.60. The third-order valence-electron chi connectivity index (χ3n) is 7.21. The van der Waals surface area contributed by atoms with Gasteiger partial charge in [-0.25, -0.2) is 4.79 Å². The highest BCUT2D eigenvalue weighted by Crippen LogP contribution is 2.37. The molecule has 5 heteroatoms. The van der Waals surface area contributed by atoms with Crippen LogP contribution < -0.4 is 9.47 Å². The molecule has 5 rings (SSSR count). The van der Waals surface area contributed by atoms with Gasteiger partial charge >= 0.3 is 6.16 Å².